The van der Waals surface area contributed by atoms with Crippen molar-refractivity contribution in [2.45, 2.75) is 70.4 Å². The normalized spacial score (nSPS) is 29.7. The Labute approximate surface area is 211 Å². The van der Waals surface area contributed by atoms with E-state index in [0.717, 1.165) is 60.8 Å². The van der Waals surface area contributed by atoms with Crippen LogP contribution in [0, 0.1) is 17.8 Å². The number of allylic oxidation sites excluding steroid dienone is 1. The van der Waals surface area contributed by atoms with Crippen LogP contribution < -0.4 is 0 Å². The monoisotopic (exact) mass is 499 g/mol. The van der Waals surface area contributed by atoms with E-state index in [4.69, 9.17) is 16.3 Å². The molecule has 3 fully saturated rings. The average molecular weight is 500 g/mol. The van der Waals surface area contributed by atoms with Gasteiger partial charge in [-0.3, -0.25) is 14.5 Å². The van der Waals surface area contributed by atoms with Gasteiger partial charge < -0.3 is 14.9 Å². The molecular formula is C28H34ClNO5. The van der Waals surface area contributed by atoms with E-state index in [1.807, 2.05) is 13.0 Å². The van der Waals surface area contributed by atoms with Crippen molar-refractivity contribution in [1.82, 2.24) is 4.90 Å². The number of phenols is 1. The van der Waals surface area contributed by atoms with Gasteiger partial charge in [-0.15, -0.1) is 0 Å². The van der Waals surface area contributed by atoms with Gasteiger partial charge in [0.25, 0.3) is 0 Å². The summed E-state index contributed by atoms with van der Waals surface area (Å²) in [5.74, 6) is -0.759. The summed E-state index contributed by atoms with van der Waals surface area (Å²) in [5.41, 5.74) is 3.91. The van der Waals surface area contributed by atoms with E-state index >= 15 is 0 Å². The Morgan fingerprint density at radius 1 is 1.17 bits per heavy atom. The Balaban J connectivity index is 1.32. The molecule has 5 rings (SSSR count). The number of ether oxygens (including phenoxy) is 1. The molecule has 0 bridgehead atoms. The molecule has 2 amide bonds. The number of fused-ring (bicyclic) bond motifs is 3. The summed E-state index contributed by atoms with van der Waals surface area (Å²) in [5, 5.41) is 20.3. The van der Waals surface area contributed by atoms with Gasteiger partial charge in [0.1, 0.15) is 5.75 Å². The van der Waals surface area contributed by atoms with Gasteiger partial charge in [-0.1, -0.05) is 42.5 Å². The van der Waals surface area contributed by atoms with Crippen molar-refractivity contribution in [3.8, 4) is 5.75 Å². The molecule has 1 aromatic rings. The van der Waals surface area contributed by atoms with Crippen LogP contribution in [-0.4, -0.2) is 52.3 Å². The number of aliphatic hydroxyl groups is 1. The van der Waals surface area contributed by atoms with E-state index in [-0.39, 0.29) is 54.1 Å². The number of aliphatic hydroxyl groups excluding tert-OH is 1. The number of aromatic hydroxyl groups is 1. The molecule has 6 nitrogen and oxygen atoms in total. The number of hydrogen-bond acceptors (Lipinski definition) is 5. The molecule has 2 heterocycles. The lowest BCUT2D eigenvalue weighted by molar-refractivity contribution is -0.143. The lowest BCUT2D eigenvalue weighted by Crippen LogP contribution is -2.42. The van der Waals surface area contributed by atoms with E-state index in [1.165, 1.54) is 12.5 Å². The fourth-order valence-corrected chi connectivity index (χ4v) is 6.90. The number of likely N-dealkylation sites (tertiary alicyclic amines) is 1. The van der Waals surface area contributed by atoms with Gasteiger partial charge in [-0.2, -0.15) is 0 Å². The standard InChI is InChI=1S/C28H34ClNO5/c1-16(11-17-8-9-20(32)13-23(17)29)7-10-24-25-18(14-31)12-21-26(22(25)15-35-24)28(34)30(27(21)33)19-5-3-2-4-6-19/h8-9,11,13,19,21-22,24,26,31-32H,2-7,10,12,14-15H2,1H3/b16-11+/t21-,22+,24-,26-/m1/s1. The Morgan fingerprint density at radius 2 is 1.94 bits per heavy atom. The highest BCUT2D eigenvalue weighted by Gasteiger charge is 2.58. The molecule has 4 aliphatic rings. The van der Waals surface area contributed by atoms with Crippen LogP contribution >= 0.6 is 11.6 Å². The maximum absolute atomic E-state index is 13.5. The molecule has 0 aromatic heterocycles. The van der Waals surface area contributed by atoms with Gasteiger partial charge in [0.05, 0.1) is 36.2 Å². The third-order valence-electron chi connectivity index (χ3n) is 8.36. The second-order valence-electron chi connectivity index (χ2n) is 10.6. The number of carbonyl (C=O) groups excluding carboxylic acids is 2. The first-order valence-electron chi connectivity index (χ1n) is 12.9. The quantitative estimate of drug-likeness (QED) is 0.430. The van der Waals surface area contributed by atoms with Crippen LogP contribution in [0.4, 0.5) is 0 Å². The summed E-state index contributed by atoms with van der Waals surface area (Å²) in [7, 11) is 0. The number of phenolic OH excluding ortho intramolecular Hbond substituents is 1. The number of hydrogen-bond donors (Lipinski definition) is 2. The lowest BCUT2D eigenvalue weighted by Gasteiger charge is -2.31. The van der Waals surface area contributed by atoms with Gasteiger partial charge in [0, 0.05) is 12.0 Å². The smallest absolute Gasteiger partial charge is 0.234 e. The minimum atomic E-state index is -0.360. The molecule has 188 valence electrons. The molecule has 0 spiro atoms. The van der Waals surface area contributed by atoms with Gasteiger partial charge in [-0.05, 0) is 73.9 Å². The van der Waals surface area contributed by atoms with Crippen molar-refractivity contribution in [2.24, 2.45) is 17.8 Å². The van der Waals surface area contributed by atoms with Crippen LogP contribution in [0.15, 0.2) is 34.9 Å². The van der Waals surface area contributed by atoms with Crippen molar-refractivity contribution in [3.63, 3.8) is 0 Å². The lowest BCUT2D eigenvalue weighted by atomic mass is 9.69. The van der Waals surface area contributed by atoms with Crippen LogP contribution in [0.2, 0.25) is 5.02 Å². The molecule has 4 atom stereocenters. The molecule has 0 unspecified atom stereocenters. The topological polar surface area (TPSA) is 87.1 Å². The van der Waals surface area contributed by atoms with Crippen molar-refractivity contribution in [2.75, 3.05) is 13.2 Å². The van der Waals surface area contributed by atoms with Crippen LogP contribution in [-0.2, 0) is 14.3 Å². The summed E-state index contributed by atoms with van der Waals surface area (Å²) >= 11 is 6.25. The fourth-order valence-electron chi connectivity index (χ4n) is 6.67. The minimum absolute atomic E-state index is 0.0197. The first-order chi connectivity index (χ1) is 16.9. The van der Waals surface area contributed by atoms with Crippen LogP contribution in [0.5, 0.6) is 5.75 Å². The van der Waals surface area contributed by atoms with Crippen molar-refractivity contribution in [3.05, 3.63) is 45.5 Å². The summed E-state index contributed by atoms with van der Waals surface area (Å²) in [4.78, 5) is 28.5. The van der Waals surface area contributed by atoms with E-state index in [2.05, 4.69) is 0 Å². The number of imide groups is 1. The summed E-state index contributed by atoms with van der Waals surface area (Å²) in [6, 6.07) is 4.97. The zero-order valence-electron chi connectivity index (χ0n) is 20.2. The predicted molar refractivity (Wildman–Crippen MR) is 134 cm³/mol. The molecule has 1 saturated carbocycles. The zero-order chi connectivity index (χ0) is 24.7. The van der Waals surface area contributed by atoms with E-state index in [1.54, 1.807) is 17.0 Å². The number of benzene rings is 1. The first kappa shape index (κ1) is 24.5. The van der Waals surface area contributed by atoms with Crippen molar-refractivity contribution in [1.29, 1.82) is 0 Å². The Bertz CT molecular complexity index is 1070. The Kier molecular flexibility index (Phi) is 7.06. The van der Waals surface area contributed by atoms with E-state index in [9.17, 15) is 19.8 Å². The SMILES string of the molecule is C/C(=C\c1ccc(O)cc1Cl)CC[C@H]1OC[C@H]2C1=C(CO)C[C@H]1C(=O)N(C3CCCCC3)C(=O)[C@H]12. The highest BCUT2D eigenvalue weighted by atomic mass is 35.5. The molecule has 2 N–H and O–H groups in total. The van der Waals surface area contributed by atoms with E-state index < -0.39 is 0 Å². The number of halogens is 1. The average Bonchev–Trinajstić information content (AvgIpc) is 3.38. The highest BCUT2D eigenvalue weighted by Crippen LogP contribution is 2.50. The molecule has 2 aliphatic heterocycles. The largest absolute Gasteiger partial charge is 0.508 e. The van der Waals surface area contributed by atoms with Gasteiger partial charge in [-0.25, -0.2) is 0 Å². The van der Waals surface area contributed by atoms with Crippen molar-refractivity contribution < 1.29 is 24.5 Å². The maximum atomic E-state index is 13.5. The maximum Gasteiger partial charge on any atom is 0.234 e. The summed E-state index contributed by atoms with van der Waals surface area (Å²) < 4.78 is 6.21. The first-order valence-corrected chi connectivity index (χ1v) is 13.2. The number of nitrogens with zero attached hydrogens (tertiary/aromatic N) is 1. The second-order valence-corrected chi connectivity index (χ2v) is 11.0. The molecule has 0 radical (unpaired) electrons. The van der Waals surface area contributed by atoms with Gasteiger partial charge in [0.2, 0.25) is 11.8 Å². The van der Waals surface area contributed by atoms with Gasteiger partial charge in [0.15, 0.2) is 0 Å². The number of carbonyl (C=O) groups is 2. The second kappa shape index (κ2) is 10.1. The Morgan fingerprint density at radius 3 is 2.66 bits per heavy atom. The molecule has 2 aliphatic carbocycles. The third-order valence-corrected chi connectivity index (χ3v) is 8.69. The third kappa shape index (κ3) is 4.56. The summed E-state index contributed by atoms with van der Waals surface area (Å²) in [6.45, 7) is 2.36. The van der Waals surface area contributed by atoms with Crippen molar-refractivity contribution >= 4 is 29.5 Å². The fraction of sp³-hybridized carbons (Fsp3) is 0.571. The number of amides is 2. The van der Waals surface area contributed by atoms with Gasteiger partial charge >= 0.3 is 0 Å². The highest BCUT2D eigenvalue weighted by molar-refractivity contribution is 6.32. The molecular weight excluding hydrogens is 466 g/mol. The summed E-state index contributed by atoms with van der Waals surface area (Å²) in [6.07, 6.45) is 8.93. The minimum Gasteiger partial charge on any atom is -0.508 e. The van der Waals surface area contributed by atoms with Crippen LogP contribution in [0.3, 0.4) is 0 Å². The molecule has 7 heteroatoms. The number of rotatable bonds is 6. The van der Waals surface area contributed by atoms with Crippen LogP contribution in [0.25, 0.3) is 6.08 Å². The molecule has 2 saturated heterocycles. The zero-order valence-corrected chi connectivity index (χ0v) is 21.0. The van der Waals surface area contributed by atoms with Crippen LogP contribution in [0.1, 0.15) is 63.9 Å². The molecule has 35 heavy (non-hydrogen) atoms. The molecule has 1 aromatic carbocycles. The van der Waals surface area contributed by atoms with E-state index in [0.29, 0.717) is 18.1 Å². The Hall–Kier alpha value is -2.15. The predicted octanol–water partition coefficient (Wildman–Crippen LogP) is 4.87.